The summed E-state index contributed by atoms with van der Waals surface area (Å²) in [6.07, 6.45) is 0.379. The second-order valence-corrected chi connectivity index (χ2v) is 4.27. The van der Waals surface area contributed by atoms with Gasteiger partial charge in [-0.25, -0.2) is 9.59 Å². The van der Waals surface area contributed by atoms with E-state index in [1.807, 2.05) is 0 Å². The van der Waals surface area contributed by atoms with Crippen LogP contribution in [0.1, 0.15) is 19.8 Å². The Labute approximate surface area is 110 Å². The van der Waals surface area contributed by atoms with Gasteiger partial charge in [0.15, 0.2) is 5.54 Å². The molecule has 0 aromatic carbocycles. The van der Waals surface area contributed by atoms with Crippen LogP contribution < -0.4 is 16.0 Å². The number of hydrogen-bond acceptors (Lipinski definition) is 4. The summed E-state index contributed by atoms with van der Waals surface area (Å²) in [6.45, 7) is 2.73. The van der Waals surface area contributed by atoms with Crippen molar-refractivity contribution in [3.05, 3.63) is 0 Å². The first-order chi connectivity index (χ1) is 9.00. The van der Waals surface area contributed by atoms with Crippen LogP contribution in [0, 0.1) is 0 Å². The largest absolute Gasteiger partial charge is 0.479 e. The minimum atomic E-state index is -1.37. The van der Waals surface area contributed by atoms with Gasteiger partial charge in [-0.1, -0.05) is 0 Å². The quantitative estimate of drug-likeness (QED) is 0.498. The van der Waals surface area contributed by atoms with Gasteiger partial charge >= 0.3 is 12.0 Å². The van der Waals surface area contributed by atoms with Crippen LogP contribution in [0.25, 0.3) is 0 Å². The Balaban J connectivity index is 2.34. The van der Waals surface area contributed by atoms with Crippen molar-refractivity contribution in [3.8, 4) is 0 Å². The molecule has 0 aromatic rings. The number of hydrogen-bond donors (Lipinski definition) is 4. The summed E-state index contributed by atoms with van der Waals surface area (Å²) in [6, 6.07) is -0.614. The number of carbonyl (C=O) groups excluding carboxylic acids is 2. The fourth-order valence-electron chi connectivity index (χ4n) is 1.72. The van der Waals surface area contributed by atoms with Crippen molar-refractivity contribution in [1.29, 1.82) is 0 Å². The Morgan fingerprint density at radius 1 is 1.32 bits per heavy atom. The molecule has 0 aromatic heterocycles. The summed E-state index contributed by atoms with van der Waals surface area (Å²) in [5, 5.41) is 16.5. The van der Waals surface area contributed by atoms with Gasteiger partial charge in [-0.3, -0.25) is 4.79 Å². The molecule has 1 unspecified atom stereocenters. The van der Waals surface area contributed by atoms with Crippen LogP contribution in [0.2, 0.25) is 0 Å². The molecule has 1 fully saturated rings. The first-order valence-corrected chi connectivity index (χ1v) is 6.14. The van der Waals surface area contributed by atoms with Gasteiger partial charge in [0.1, 0.15) is 0 Å². The average Bonchev–Trinajstić information content (AvgIpc) is 2.79. The molecule has 8 heteroatoms. The van der Waals surface area contributed by atoms with Gasteiger partial charge in [0.05, 0.1) is 6.61 Å². The molecule has 108 valence electrons. The predicted molar refractivity (Wildman–Crippen MR) is 65.6 cm³/mol. The highest BCUT2D eigenvalue weighted by Gasteiger charge is 2.43. The Hall–Kier alpha value is -1.83. The molecule has 4 N–H and O–H groups in total. The maximum Gasteiger partial charge on any atom is 0.332 e. The molecule has 0 bridgehead atoms. The highest BCUT2D eigenvalue weighted by atomic mass is 16.5. The van der Waals surface area contributed by atoms with Gasteiger partial charge in [0.2, 0.25) is 5.91 Å². The number of carboxylic acids is 1. The van der Waals surface area contributed by atoms with Crippen molar-refractivity contribution in [2.45, 2.75) is 25.3 Å². The molecule has 1 atom stereocenters. The molecular weight excluding hydrogens is 254 g/mol. The van der Waals surface area contributed by atoms with Gasteiger partial charge in [0.25, 0.3) is 0 Å². The minimum Gasteiger partial charge on any atom is -0.479 e. The van der Waals surface area contributed by atoms with Crippen molar-refractivity contribution in [2.75, 3.05) is 26.3 Å². The van der Waals surface area contributed by atoms with Crippen molar-refractivity contribution >= 4 is 17.9 Å². The molecule has 1 aliphatic heterocycles. The summed E-state index contributed by atoms with van der Waals surface area (Å²) in [5.41, 5.74) is -1.37. The number of ether oxygens (including phenoxy) is 1. The molecule has 8 nitrogen and oxygen atoms in total. The molecule has 0 radical (unpaired) electrons. The summed E-state index contributed by atoms with van der Waals surface area (Å²) in [7, 11) is 0. The molecular formula is C11H19N3O5. The van der Waals surface area contributed by atoms with E-state index in [1.54, 1.807) is 6.92 Å². The van der Waals surface area contributed by atoms with Crippen molar-refractivity contribution in [2.24, 2.45) is 0 Å². The first kappa shape index (κ1) is 15.2. The van der Waals surface area contributed by atoms with Gasteiger partial charge < -0.3 is 25.8 Å². The SMILES string of the molecule is CCNC(=O)CCNC(=O)NC1(C(=O)O)CCOC1. The third kappa shape index (κ3) is 4.40. The van der Waals surface area contributed by atoms with Crippen molar-refractivity contribution in [3.63, 3.8) is 0 Å². The number of amides is 3. The van der Waals surface area contributed by atoms with Gasteiger partial charge in [0, 0.05) is 32.5 Å². The smallest absolute Gasteiger partial charge is 0.332 e. The van der Waals surface area contributed by atoms with Crippen LogP contribution in [0.3, 0.4) is 0 Å². The van der Waals surface area contributed by atoms with Crippen LogP contribution in [-0.2, 0) is 14.3 Å². The Morgan fingerprint density at radius 3 is 2.58 bits per heavy atom. The molecule has 0 saturated carbocycles. The summed E-state index contributed by atoms with van der Waals surface area (Å²) in [4.78, 5) is 33.9. The van der Waals surface area contributed by atoms with E-state index in [9.17, 15) is 14.4 Å². The maximum absolute atomic E-state index is 11.6. The lowest BCUT2D eigenvalue weighted by atomic mass is 9.99. The zero-order valence-corrected chi connectivity index (χ0v) is 10.8. The van der Waals surface area contributed by atoms with E-state index in [1.165, 1.54) is 0 Å². The number of rotatable bonds is 6. The average molecular weight is 273 g/mol. The second kappa shape index (κ2) is 6.93. The number of urea groups is 1. The normalized spacial score (nSPS) is 21.7. The van der Waals surface area contributed by atoms with E-state index in [0.717, 1.165) is 0 Å². The van der Waals surface area contributed by atoms with Gasteiger partial charge in [-0.15, -0.1) is 0 Å². The van der Waals surface area contributed by atoms with E-state index in [0.29, 0.717) is 13.2 Å². The van der Waals surface area contributed by atoms with E-state index < -0.39 is 17.5 Å². The monoisotopic (exact) mass is 273 g/mol. The first-order valence-electron chi connectivity index (χ1n) is 6.14. The lowest BCUT2D eigenvalue weighted by molar-refractivity contribution is -0.144. The van der Waals surface area contributed by atoms with Crippen LogP contribution >= 0.6 is 0 Å². The van der Waals surface area contributed by atoms with Crippen molar-refractivity contribution in [1.82, 2.24) is 16.0 Å². The van der Waals surface area contributed by atoms with E-state index in [-0.39, 0.29) is 31.9 Å². The number of aliphatic carboxylic acids is 1. The lowest BCUT2D eigenvalue weighted by Crippen LogP contribution is -2.57. The number of nitrogens with one attached hydrogen (secondary N) is 3. The van der Waals surface area contributed by atoms with Crippen LogP contribution in [0.4, 0.5) is 4.79 Å². The fraction of sp³-hybridized carbons (Fsp3) is 0.727. The number of carbonyl (C=O) groups is 3. The lowest BCUT2D eigenvalue weighted by Gasteiger charge is -2.23. The summed E-state index contributed by atoms with van der Waals surface area (Å²) < 4.78 is 5.01. The van der Waals surface area contributed by atoms with Gasteiger partial charge in [-0.05, 0) is 6.92 Å². The Bertz CT molecular complexity index is 352. The second-order valence-electron chi connectivity index (χ2n) is 4.27. The predicted octanol–water partition coefficient (Wildman–Crippen LogP) is -0.944. The molecule has 0 spiro atoms. The fourth-order valence-corrected chi connectivity index (χ4v) is 1.72. The molecule has 1 heterocycles. The molecule has 1 rings (SSSR count). The highest BCUT2D eigenvalue weighted by Crippen LogP contribution is 2.18. The third-order valence-electron chi connectivity index (χ3n) is 2.80. The van der Waals surface area contributed by atoms with Crippen molar-refractivity contribution < 1.29 is 24.2 Å². The Kier molecular flexibility index (Phi) is 5.56. The molecule has 1 aliphatic rings. The van der Waals surface area contributed by atoms with Crippen LogP contribution in [0.15, 0.2) is 0 Å². The molecule has 19 heavy (non-hydrogen) atoms. The summed E-state index contributed by atoms with van der Waals surface area (Å²) in [5.74, 6) is -1.29. The Morgan fingerprint density at radius 2 is 2.05 bits per heavy atom. The third-order valence-corrected chi connectivity index (χ3v) is 2.80. The van der Waals surface area contributed by atoms with E-state index in [4.69, 9.17) is 9.84 Å². The van der Waals surface area contributed by atoms with Gasteiger partial charge in [-0.2, -0.15) is 0 Å². The molecule has 1 saturated heterocycles. The van der Waals surface area contributed by atoms with E-state index in [2.05, 4.69) is 16.0 Å². The van der Waals surface area contributed by atoms with Crippen LogP contribution in [0.5, 0.6) is 0 Å². The summed E-state index contributed by atoms with van der Waals surface area (Å²) >= 11 is 0. The highest BCUT2D eigenvalue weighted by molar-refractivity contribution is 5.87. The standard InChI is InChI=1S/C11H19N3O5/c1-2-12-8(15)3-5-13-10(18)14-11(9(16)17)4-6-19-7-11/h2-7H2,1H3,(H,12,15)(H,16,17)(H2,13,14,18). The molecule has 0 aliphatic carbocycles. The van der Waals surface area contributed by atoms with E-state index >= 15 is 0 Å². The minimum absolute atomic E-state index is 0.0495. The zero-order valence-electron chi connectivity index (χ0n) is 10.8. The number of carboxylic acid groups (broad SMARTS) is 1. The topological polar surface area (TPSA) is 117 Å². The maximum atomic E-state index is 11.6. The zero-order chi connectivity index (χ0) is 14.3. The molecule has 3 amide bonds. The van der Waals surface area contributed by atoms with Crippen LogP contribution in [-0.4, -0.2) is 54.9 Å².